The second-order valence-corrected chi connectivity index (χ2v) is 5.59. The largest absolute Gasteiger partial charge is 0.365 e. The summed E-state index contributed by atoms with van der Waals surface area (Å²) in [5.74, 6) is -0.00321. The van der Waals surface area contributed by atoms with Gasteiger partial charge in [0.2, 0.25) is 0 Å². The number of Topliss-reactive ketones (excluding diaryl/α,β-unsaturated/α-hetero) is 1. The molecule has 2 N–H and O–H groups in total. The first-order valence-electron chi connectivity index (χ1n) is 7.40. The average molecular weight is 296 g/mol. The summed E-state index contributed by atoms with van der Waals surface area (Å²) in [6.07, 6.45) is -0.236. The minimum Gasteiger partial charge on any atom is -0.365 e. The molecule has 1 aliphatic rings. The zero-order chi connectivity index (χ0) is 15.5. The van der Waals surface area contributed by atoms with E-state index in [0.29, 0.717) is 5.56 Å². The molecule has 22 heavy (non-hydrogen) atoms. The van der Waals surface area contributed by atoms with Crippen LogP contribution in [0.1, 0.15) is 27.4 Å². The minimum atomic E-state index is -0.352. The van der Waals surface area contributed by atoms with Gasteiger partial charge in [-0.25, -0.2) is 10.9 Å². The van der Waals surface area contributed by atoms with Crippen LogP contribution in [0.4, 0.5) is 0 Å². The molecule has 4 nitrogen and oxygen atoms in total. The maximum absolute atomic E-state index is 12.8. The Morgan fingerprint density at radius 2 is 1.68 bits per heavy atom. The molecule has 114 valence electrons. The number of carbonyl (C=O) groups excluding carboxylic acids is 1. The number of hydrazine groups is 1. The fourth-order valence-corrected chi connectivity index (χ4v) is 2.90. The van der Waals surface area contributed by atoms with Gasteiger partial charge in [-0.3, -0.25) is 4.79 Å². The first kappa shape index (κ1) is 14.9. The molecule has 0 radical (unpaired) electrons. The summed E-state index contributed by atoms with van der Waals surface area (Å²) < 4.78 is 5.50. The highest BCUT2D eigenvalue weighted by atomic mass is 16.5. The summed E-state index contributed by atoms with van der Waals surface area (Å²) in [7, 11) is 1.65. The van der Waals surface area contributed by atoms with Gasteiger partial charge >= 0.3 is 0 Å². The molecule has 0 spiro atoms. The van der Waals surface area contributed by atoms with Gasteiger partial charge in [-0.2, -0.15) is 0 Å². The van der Waals surface area contributed by atoms with Crippen LogP contribution in [0.2, 0.25) is 0 Å². The lowest BCUT2D eigenvalue weighted by Crippen LogP contribution is -2.38. The van der Waals surface area contributed by atoms with Crippen molar-refractivity contribution in [1.29, 1.82) is 0 Å². The third-order valence-electron chi connectivity index (χ3n) is 4.12. The maximum Gasteiger partial charge on any atom is 0.181 e. The molecule has 2 aromatic carbocycles. The molecule has 0 bridgehead atoms. The molecule has 1 fully saturated rings. The van der Waals surface area contributed by atoms with E-state index in [1.807, 2.05) is 30.3 Å². The summed E-state index contributed by atoms with van der Waals surface area (Å²) in [4.78, 5) is 12.8. The Kier molecular flexibility index (Phi) is 4.34. The molecule has 3 atom stereocenters. The van der Waals surface area contributed by atoms with Crippen molar-refractivity contribution in [2.75, 3.05) is 7.11 Å². The van der Waals surface area contributed by atoms with Crippen LogP contribution < -0.4 is 10.9 Å². The van der Waals surface area contributed by atoms with E-state index >= 15 is 0 Å². The summed E-state index contributed by atoms with van der Waals surface area (Å²) >= 11 is 0. The van der Waals surface area contributed by atoms with Gasteiger partial charge in [-0.05, 0) is 12.5 Å². The molecule has 3 unspecified atom stereocenters. The van der Waals surface area contributed by atoms with E-state index in [0.717, 1.165) is 5.56 Å². The SMILES string of the molecule is COC1NNC(C(=O)c2ccccc2)C1c1ccc(C)cc1. The van der Waals surface area contributed by atoms with Gasteiger partial charge in [-0.1, -0.05) is 60.2 Å². The van der Waals surface area contributed by atoms with E-state index in [1.54, 1.807) is 7.11 Å². The van der Waals surface area contributed by atoms with Crippen LogP contribution in [0.5, 0.6) is 0 Å². The number of carbonyl (C=O) groups is 1. The molecule has 0 aromatic heterocycles. The van der Waals surface area contributed by atoms with Crippen molar-refractivity contribution in [2.24, 2.45) is 0 Å². The molecule has 3 rings (SSSR count). The Balaban J connectivity index is 1.92. The third-order valence-corrected chi connectivity index (χ3v) is 4.12. The molecular formula is C18H20N2O2. The van der Waals surface area contributed by atoms with Gasteiger partial charge in [0, 0.05) is 18.6 Å². The van der Waals surface area contributed by atoms with Gasteiger partial charge in [0.05, 0.1) is 6.04 Å². The molecule has 0 amide bonds. The predicted molar refractivity (Wildman–Crippen MR) is 85.5 cm³/mol. The lowest BCUT2D eigenvalue weighted by Gasteiger charge is -2.22. The van der Waals surface area contributed by atoms with E-state index < -0.39 is 0 Å². The Bertz CT molecular complexity index is 640. The lowest BCUT2D eigenvalue weighted by atomic mass is 9.87. The third kappa shape index (κ3) is 2.81. The lowest BCUT2D eigenvalue weighted by molar-refractivity contribution is 0.0699. The smallest absolute Gasteiger partial charge is 0.181 e. The number of hydrogen-bond acceptors (Lipinski definition) is 4. The fraction of sp³-hybridized carbons (Fsp3) is 0.278. The first-order chi connectivity index (χ1) is 10.7. The molecule has 0 saturated carbocycles. The number of benzene rings is 2. The van der Waals surface area contributed by atoms with Gasteiger partial charge in [-0.15, -0.1) is 0 Å². The molecule has 1 saturated heterocycles. The van der Waals surface area contributed by atoms with Crippen molar-refractivity contribution in [3.63, 3.8) is 0 Å². The maximum atomic E-state index is 12.8. The van der Waals surface area contributed by atoms with Gasteiger partial charge in [0.25, 0.3) is 0 Å². The summed E-state index contributed by atoms with van der Waals surface area (Å²) in [5, 5.41) is 0. The van der Waals surface area contributed by atoms with Crippen LogP contribution in [0.15, 0.2) is 54.6 Å². The molecule has 0 aliphatic carbocycles. The van der Waals surface area contributed by atoms with Crippen molar-refractivity contribution in [3.05, 3.63) is 71.3 Å². The first-order valence-corrected chi connectivity index (χ1v) is 7.40. The standard InChI is InChI=1S/C18H20N2O2/c1-12-8-10-13(11-9-12)15-16(19-20-18(15)22-2)17(21)14-6-4-3-5-7-14/h3-11,15-16,18-20H,1-2H3. The predicted octanol–water partition coefficient (Wildman–Crippen LogP) is 2.41. The average Bonchev–Trinajstić information content (AvgIpc) is 2.99. The summed E-state index contributed by atoms with van der Waals surface area (Å²) in [6.45, 7) is 2.05. The summed E-state index contributed by atoms with van der Waals surface area (Å²) in [5.41, 5.74) is 9.16. The monoisotopic (exact) mass is 296 g/mol. The van der Waals surface area contributed by atoms with E-state index in [4.69, 9.17) is 4.74 Å². The number of methoxy groups -OCH3 is 1. The molecule has 1 aliphatic heterocycles. The number of ether oxygens (including phenoxy) is 1. The molecule has 1 heterocycles. The van der Waals surface area contributed by atoms with Crippen molar-refractivity contribution in [1.82, 2.24) is 10.9 Å². The number of aryl methyl sites for hydroxylation is 1. The quantitative estimate of drug-likeness (QED) is 0.851. The Hall–Kier alpha value is -2.01. The Morgan fingerprint density at radius 1 is 1.00 bits per heavy atom. The Labute approximate surface area is 130 Å². The highest BCUT2D eigenvalue weighted by Crippen LogP contribution is 2.30. The van der Waals surface area contributed by atoms with E-state index in [9.17, 15) is 4.79 Å². The number of rotatable bonds is 4. The van der Waals surface area contributed by atoms with Gasteiger partial charge in [0.1, 0.15) is 6.23 Å². The van der Waals surface area contributed by atoms with Gasteiger partial charge in [0.15, 0.2) is 5.78 Å². The second kappa shape index (κ2) is 6.40. The highest BCUT2D eigenvalue weighted by Gasteiger charge is 2.41. The topological polar surface area (TPSA) is 50.4 Å². The Morgan fingerprint density at radius 3 is 2.32 bits per heavy atom. The van der Waals surface area contributed by atoms with Crippen LogP contribution in [0.25, 0.3) is 0 Å². The molecule has 4 heteroatoms. The normalized spacial score (nSPS) is 24.4. The summed E-state index contributed by atoms with van der Waals surface area (Å²) in [6, 6.07) is 17.2. The number of ketones is 1. The van der Waals surface area contributed by atoms with Crippen molar-refractivity contribution in [3.8, 4) is 0 Å². The zero-order valence-corrected chi connectivity index (χ0v) is 12.7. The molecular weight excluding hydrogens is 276 g/mol. The molecule has 2 aromatic rings. The van der Waals surface area contributed by atoms with Crippen molar-refractivity contribution >= 4 is 5.78 Å². The number of hydrogen-bond donors (Lipinski definition) is 2. The van der Waals surface area contributed by atoms with Crippen LogP contribution >= 0.6 is 0 Å². The van der Waals surface area contributed by atoms with E-state index in [-0.39, 0.29) is 24.0 Å². The second-order valence-electron chi connectivity index (χ2n) is 5.59. The van der Waals surface area contributed by atoms with E-state index in [2.05, 4.69) is 42.0 Å². The highest BCUT2D eigenvalue weighted by molar-refractivity contribution is 6.01. The number of nitrogens with one attached hydrogen (secondary N) is 2. The minimum absolute atomic E-state index is 0.0678. The van der Waals surface area contributed by atoms with Gasteiger partial charge < -0.3 is 4.74 Å². The fourth-order valence-electron chi connectivity index (χ4n) is 2.90. The van der Waals surface area contributed by atoms with Crippen LogP contribution in [0, 0.1) is 6.92 Å². The van der Waals surface area contributed by atoms with Crippen molar-refractivity contribution in [2.45, 2.75) is 25.1 Å². The van der Waals surface area contributed by atoms with E-state index in [1.165, 1.54) is 5.56 Å². The van der Waals surface area contributed by atoms with Crippen LogP contribution in [-0.2, 0) is 4.74 Å². The zero-order valence-electron chi connectivity index (χ0n) is 12.7. The van der Waals surface area contributed by atoms with Crippen molar-refractivity contribution < 1.29 is 9.53 Å². The van der Waals surface area contributed by atoms with Crippen LogP contribution in [-0.4, -0.2) is 25.2 Å². The van der Waals surface area contributed by atoms with Crippen LogP contribution in [0.3, 0.4) is 0 Å².